The summed E-state index contributed by atoms with van der Waals surface area (Å²) >= 11 is 0. The molecule has 266 valence electrons. The van der Waals surface area contributed by atoms with Gasteiger partial charge in [-0.25, -0.2) is 4.98 Å². The van der Waals surface area contributed by atoms with Crippen LogP contribution in [0.4, 0.5) is 5.69 Å². The van der Waals surface area contributed by atoms with E-state index in [1.165, 1.54) is 21.9 Å². The number of aliphatic imine (C=N–C) groups is 1. The minimum Gasteiger partial charge on any atom is -0.507 e. The maximum Gasteiger partial charge on any atom is 0.147 e. The average Bonchev–Trinajstić information content (AvgIpc) is 3.57. The summed E-state index contributed by atoms with van der Waals surface area (Å²) in [4.78, 5) is 10.5. The number of phenols is 1. The van der Waals surface area contributed by atoms with Crippen LogP contribution in [-0.2, 0) is 10.8 Å². The molecule has 4 nitrogen and oxygen atoms in total. The molecule has 0 aliphatic rings. The molecule has 1 N–H and O–H groups in total. The fourth-order valence-corrected chi connectivity index (χ4v) is 7.24. The summed E-state index contributed by atoms with van der Waals surface area (Å²) in [6, 6.07) is 53.0. The molecule has 0 unspecified atom stereocenters. The molecule has 8 rings (SSSR count). The van der Waals surface area contributed by atoms with Gasteiger partial charge in [0.2, 0.25) is 0 Å². The number of nitrogens with zero attached hydrogens (tertiary/aromatic N) is 3. The molecule has 1 heterocycles. The highest BCUT2D eigenvalue weighted by Gasteiger charge is 2.25. The summed E-state index contributed by atoms with van der Waals surface area (Å²) in [6.45, 7) is 13.0. The van der Waals surface area contributed by atoms with E-state index in [0.29, 0.717) is 5.56 Å². The van der Waals surface area contributed by atoms with Crippen LogP contribution in [0.1, 0.15) is 58.2 Å². The first-order valence-corrected chi connectivity index (χ1v) is 18.6. The molecule has 0 saturated carbocycles. The van der Waals surface area contributed by atoms with E-state index in [9.17, 15) is 5.11 Å². The van der Waals surface area contributed by atoms with Gasteiger partial charge < -0.3 is 5.11 Å². The molecular formula is C50H45N3O. The molecule has 8 aromatic rings. The fourth-order valence-electron chi connectivity index (χ4n) is 7.24. The van der Waals surface area contributed by atoms with Crippen LogP contribution in [-0.4, -0.2) is 20.9 Å². The van der Waals surface area contributed by atoms with Crippen LogP contribution >= 0.6 is 0 Å². The van der Waals surface area contributed by atoms with Gasteiger partial charge in [-0.1, -0.05) is 151 Å². The van der Waals surface area contributed by atoms with Crippen molar-refractivity contribution in [2.45, 2.75) is 52.4 Å². The molecule has 0 saturated heterocycles. The van der Waals surface area contributed by atoms with Gasteiger partial charge in [0.25, 0.3) is 0 Å². The Labute approximate surface area is 318 Å². The third kappa shape index (κ3) is 6.60. The smallest absolute Gasteiger partial charge is 0.147 e. The zero-order valence-corrected chi connectivity index (χ0v) is 31.8. The number of fused-ring (bicyclic) bond motifs is 2. The van der Waals surface area contributed by atoms with Crippen LogP contribution in [0.3, 0.4) is 0 Å². The lowest BCUT2D eigenvalue weighted by atomic mass is 9.79. The van der Waals surface area contributed by atoms with E-state index in [1.807, 2.05) is 24.3 Å². The highest BCUT2D eigenvalue weighted by Crippen LogP contribution is 2.40. The monoisotopic (exact) mass is 703 g/mol. The van der Waals surface area contributed by atoms with Crippen LogP contribution < -0.4 is 0 Å². The van der Waals surface area contributed by atoms with Gasteiger partial charge in [-0.3, -0.25) is 9.56 Å². The zero-order valence-electron chi connectivity index (χ0n) is 31.8. The number of para-hydroxylation sites is 3. The molecule has 0 aliphatic heterocycles. The van der Waals surface area contributed by atoms with Crippen molar-refractivity contribution in [3.63, 3.8) is 0 Å². The third-order valence-electron chi connectivity index (χ3n) is 10.3. The standard InChI is InChI=1S/C50H45N3O/c1-49(2,3)39-30-38(47(54)43(31-39)50(4,5)6)32-51-44-21-13-12-19-42(44)48-52-46-41(20-14-22-45(46)53(48)40-17-8-7-9-18-40)35-26-23-34(24-27-35)37-28-25-33-15-10-11-16-36(33)29-37/h7-32,54H,1-6H3. The summed E-state index contributed by atoms with van der Waals surface area (Å²) < 4.78 is 2.23. The van der Waals surface area contributed by atoms with Crippen LogP contribution in [0.5, 0.6) is 5.75 Å². The lowest BCUT2D eigenvalue weighted by Gasteiger charge is -2.27. The topological polar surface area (TPSA) is 50.4 Å². The molecule has 0 fully saturated rings. The molecule has 54 heavy (non-hydrogen) atoms. The summed E-state index contributed by atoms with van der Waals surface area (Å²) in [5.74, 6) is 1.07. The van der Waals surface area contributed by atoms with E-state index in [0.717, 1.165) is 56.0 Å². The van der Waals surface area contributed by atoms with Crippen molar-refractivity contribution in [2.75, 3.05) is 0 Å². The second-order valence-corrected chi connectivity index (χ2v) is 16.2. The van der Waals surface area contributed by atoms with Gasteiger partial charge in [0.05, 0.1) is 16.7 Å². The van der Waals surface area contributed by atoms with Crippen molar-refractivity contribution >= 4 is 33.7 Å². The van der Waals surface area contributed by atoms with Crippen molar-refractivity contribution in [1.29, 1.82) is 0 Å². The Morgan fingerprint density at radius 3 is 1.96 bits per heavy atom. The molecule has 0 bridgehead atoms. The number of phenolic OH excluding ortho intramolecular Hbond substituents is 1. The molecule has 0 radical (unpaired) electrons. The zero-order chi connectivity index (χ0) is 37.6. The molecule has 0 spiro atoms. The minimum atomic E-state index is -0.235. The lowest BCUT2D eigenvalue weighted by molar-refractivity contribution is 0.444. The second-order valence-electron chi connectivity index (χ2n) is 16.2. The molecule has 4 heteroatoms. The Balaban J connectivity index is 1.25. The van der Waals surface area contributed by atoms with Crippen molar-refractivity contribution < 1.29 is 5.11 Å². The van der Waals surface area contributed by atoms with Crippen LogP contribution in [0.25, 0.3) is 61.1 Å². The van der Waals surface area contributed by atoms with E-state index < -0.39 is 0 Å². The maximum atomic E-state index is 11.5. The number of benzene rings is 7. The molecule has 1 aromatic heterocycles. The Morgan fingerprint density at radius 2 is 1.22 bits per heavy atom. The van der Waals surface area contributed by atoms with Gasteiger partial charge in [-0.15, -0.1) is 0 Å². The third-order valence-corrected chi connectivity index (χ3v) is 10.3. The van der Waals surface area contributed by atoms with Crippen LogP contribution in [0, 0.1) is 0 Å². The normalized spacial score (nSPS) is 12.3. The van der Waals surface area contributed by atoms with Crippen LogP contribution in [0.15, 0.2) is 157 Å². The van der Waals surface area contributed by atoms with Crippen molar-refractivity contribution in [1.82, 2.24) is 9.55 Å². The van der Waals surface area contributed by atoms with Gasteiger partial charge in [-0.2, -0.15) is 0 Å². The number of rotatable bonds is 6. The Kier molecular flexibility index (Phi) is 8.78. The van der Waals surface area contributed by atoms with Gasteiger partial charge in [0.1, 0.15) is 11.6 Å². The number of hydrogen-bond donors (Lipinski definition) is 1. The van der Waals surface area contributed by atoms with E-state index in [2.05, 4.69) is 174 Å². The molecule has 7 aromatic carbocycles. The van der Waals surface area contributed by atoms with Crippen molar-refractivity contribution in [3.8, 4) is 45.1 Å². The first-order chi connectivity index (χ1) is 26.0. The summed E-state index contributed by atoms with van der Waals surface area (Å²) in [7, 11) is 0. The molecular weight excluding hydrogens is 659 g/mol. The highest BCUT2D eigenvalue weighted by atomic mass is 16.3. The SMILES string of the molecule is CC(C)(C)c1cc(C=Nc2ccccc2-c2nc3c(-c4ccc(-c5ccc6ccccc6c5)cc4)cccc3n2-c2ccccc2)c(O)c(C(C)(C)C)c1. The summed E-state index contributed by atoms with van der Waals surface area (Å²) in [5, 5.41) is 14.0. The van der Waals surface area contributed by atoms with E-state index in [-0.39, 0.29) is 16.6 Å². The first kappa shape index (κ1) is 34.8. The van der Waals surface area contributed by atoms with Gasteiger partial charge in [0, 0.05) is 34.2 Å². The Bertz CT molecular complexity index is 2670. The molecule has 0 aliphatic carbocycles. The minimum absolute atomic E-state index is 0.0940. The first-order valence-electron chi connectivity index (χ1n) is 18.6. The van der Waals surface area contributed by atoms with Crippen molar-refractivity contribution in [2.24, 2.45) is 4.99 Å². The largest absolute Gasteiger partial charge is 0.507 e. The van der Waals surface area contributed by atoms with E-state index in [4.69, 9.17) is 9.98 Å². The van der Waals surface area contributed by atoms with Gasteiger partial charge >= 0.3 is 0 Å². The van der Waals surface area contributed by atoms with Crippen molar-refractivity contribution in [3.05, 3.63) is 168 Å². The lowest BCUT2D eigenvalue weighted by Crippen LogP contribution is -2.17. The quantitative estimate of drug-likeness (QED) is 0.175. The fraction of sp³-hybridized carbons (Fsp3) is 0.160. The second kappa shape index (κ2) is 13.6. The van der Waals surface area contributed by atoms with Crippen LogP contribution in [0.2, 0.25) is 0 Å². The average molecular weight is 704 g/mol. The maximum absolute atomic E-state index is 11.5. The summed E-state index contributed by atoms with van der Waals surface area (Å²) in [5.41, 5.74) is 11.6. The Hall–Kier alpha value is -6.26. The number of imidazole rings is 1. The molecule has 0 amide bonds. The highest BCUT2D eigenvalue weighted by molar-refractivity contribution is 5.97. The van der Waals surface area contributed by atoms with Gasteiger partial charge in [-0.05, 0) is 86.3 Å². The number of aromatic hydroxyl groups is 1. The predicted molar refractivity (Wildman–Crippen MR) is 228 cm³/mol. The van der Waals surface area contributed by atoms with Gasteiger partial charge in [0.15, 0.2) is 0 Å². The van der Waals surface area contributed by atoms with E-state index >= 15 is 0 Å². The molecule has 0 atom stereocenters. The number of aromatic nitrogens is 2. The number of hydrogen-bond acceptors (Lipinski definition) is 3. The van der Waals surface area contributed by atoms with E-state index in [1.54, 1.807) is 6.21 Å². The predicted octanol–water partition coefficient (Wildman–Crippen LogP) is 13.2. The summed E-state index contributed by atoms with van der Waals surface area (Å²) in [6.07, 6.45) is 1.80. The Morgan fingerprint density at radius 1 is 0.574 bits per heavy atom.